The van der Waals surface area contributed by atoms with Crippen LogP contribution in [0.15, 0.2) is 24.3 Å². The highest BCUT2D eigenvalue weighted by atomic mass is 16.5. The van der Waals surface area contributed by atoms with Crippen LogP contribution in [-0.4, -0.2) is 24.3 Å². The van der Waals surface area contributed by atoms with Gasteiger partial charge in [-0.25, -0.2) is 0 Å². The molecular weight excluding hydrogens is 228 g/mol. The summed E-state index contributed by atoms with van der Waals surface area (Å²) >= 11 is 0. The Morgan fingerprint density at radius 1 is 1.50 bits per heavy atom. The van der Waals surface area contributed by atoms with Gasteiger partial charge in [-0.05, 0) is 37.3 Å². The number of methoxy groups -OCH3 is 1. The van der Waals surface area contributed by atoms with E-state index in [0.717, 1.165) is 36.8 Å². The summed E-state index contributed by atoms with van der Waals surface area (Å²) in [6.07, 6.45) is 3.49. The van der Waals surface area contributed by atoms with Gasteiger partial charge in [-0.2, -0.15) is 0 Å². The highest BCUT2D eigenvalue weighted by Gasteiger charge is 2.45. The van der Waals surface area contributed by atoms with Crippen molar-refractivity contribution in [2.24, 2.45) is 0 Å². The van der Waals surface area contributed by atoms with Gasteiger partial charge in [0.2, 0.25) is 0 Å². The molecule has 1 saturated carbocycles. The molecule has 3 heteroatoms. The minimum Gasteiger partial charge on any atom is -0.481 e. The summed E-state index contributed by atoms with van der Waals surface area (Å²) in [7, 11) is 1.69. The minimum absolute atomic E-state index is 0.155. The Bertz CT molecular complexity index is 435. The first kappa shape index (κ1) is 13.1. The van der Waals surface area contributed by atoms with Crippen molar-refractivity contribution in [3.05, 3.63) is 35.4 Å². The van der Waals surface area contributed by atoms with Gasteiger partial charge in [-0.15, -0.1) is 0 Å². The van der Waals surface area contributed by atoms with Crippen LogP contribution in [0.2, 0.25) is 0 Å². The summed E-state index contributed by atoms with van der Waals surface area (Å²) in [4.78, 5) is 11.5. The second-order valence-electron chi connectivity index (χ2n) is 5.19. The first-order chi connectivity index (χ1) is 8.58. The van der Waals surface area contributed by atoms with Gasteiger partial charge < -0.3 is 9.84 Å². The van der Waals surface area contributed by atoms with Crippen LogP contribution in [0.1, 0.15) is 37.3 Å². The number of carboxylic acids is 1. The SMILES string of the molecule is COC(C)Cc1cccc(C2(C(=O)O)CCC2)c1. The van der Waals surface area contributed by atoms with Gasteiger partial charge >= 0.3 is 5.97 Å². The lowest BCUT2D eigenvalue weighted by atomic mass is 9.64. The summed E-state index contributed by atoms with van der Waals surface area (Å²) in [6, 6.07) is 7.96. The lowest BCUT2D eigenvalue weighted by Crippen LogP contribution is -2.42. The number of carboxylic acid groups (broad SMARTS) is 1. The van der Waals surface area contributed by atoms with E-state index in [0.29, 0.717) is 0 Å². The molecule has 0 amide bonds. The zero-order valence-electron chi connectivity index (χ0n) is 11.0. The first-order valence-electron chi connectivity index (χ1n) is 6.44. The van der Waals surface area contributed by atoms with E-state index in [1.165, 1.54) is 0 Å². The molecule has 1 unspecified atom stereocenters. The van der Waals surface area contributed by atoms with Crippen molar-refractivity contribution in [3.8, 4) is 0 Å². The zero-order chi connectivity index (χ0) is 13.2. The number of benzene rings is 1. The molecule has 1 aliphatic rings. The standard InChI is InChI=1S/C15H20O3/c1-11(18-2)9-12-5-3-6-13(10-12)15(14(16)17)7-4-8-15/h3,5-6,10-11H,4,7-9H2,1-2H3,(H,16,17). The number of hydrogen-bond donors (Lipinski definition) is 1. The highest BCUT2D eigenvalue weighted by molar-refractivity contribution is 5.82. The van der Waals surface area contributed by atoms with Crippen molar-refractivity contribution in [3.63, 3.8) is 0 Å². The van der Waals surface area contributed by atoms with Crippen LogP contribution in [0.4, 0.5) is 0 Å². The third-order valence-electron chi connectivity index (χ3n) is 4.02. The third-order valence-corrected chi connectivity index (χ3v) is 4.02. The average Bonchev–Trinajstić information content (AvgIpc) is 2.27. The van der Waals surface area contributed by atoms with E-state index in [2.05, 4.69) is 0 Å². The molecule has 1 aromatic carbocycles. The molecule has 0 saturated heterocycles. The summed E-state index contributed by atoms with van der Waals surface area (Å²) in [5.41, 5.74) is 1.46. The fraction of sp³-hybridized carbons (Fsp3) is 0.533. The van der Waals surface area contributed by atoms with E-state index >= 15 is 0 Å². The smallest absolute Gasteiger partial charge is 0.314 e. The van der Waals surface area contributed by atoms with Gasteiger partial charge in [0.1, 0.15) is 0 Å². The predicted molar refractivity (Wildman–Crippen MR) is 69.8 cm³/mol. The van der Waals surface area contributed by atoms with Gasteiger partial charge in [0.15, 0.2) is 0 Å². The molecule has 1 atom stereocenters. The number of ether oxygens (including phenoxy) is 1. The van der Waals surface area contributed by atoms with Crippen LogP contribution >= 0.6 is 0 Å². The van der Waals surface area contributed by atoms with Gasteiger partial charge in [-0.3, -0.25) is 4.79 Å². The maximum atomic E-state index is 11.5. The van der Waals surface area contributed by atoms with Crippen molar-refractivity contribution < 1.29 is 14.6 Å². The molecule has 1 N–H and O–H groups in total. The van der Waals surface area contributed by atoms with E-state index in [1.54, 1.807) is 7.11 Å². The van der Waals surface area contributed by atoms with E-state index < -0.39 is 11.4 Å². The molecule has 1 aromatic rings. The summed E-state index contributed by atoms with van der Waals surface area (Å²) in [6.45, 7) is 2.02. The highest BCUT2D eigenvalue weighted by Crippen LogP contribution is 2.44. The van der Waals surface area contributed by atoms with Crippen LogP contribution < -0.4 is 0 Å². The molecule has 98 valence electrons. The van der Waals surface area contributed by atoms with Gasteiger partial charge in [0.25, 0.3) is 0 Å². The van der Waals surface area contributed by atoms with Crippen molar-refractivity contribution in [1.29, 1.82) is 0 Å². The third kappa shape index (κ3) is 2.27. The molecular formula is C15H20O3. The summed E-state index contributed by atoms with van der Waals surface area (Å²) in [5, 5.41) is 9.43. The van der Waals surface area contributed by atoms with Crippen molar-refractivity contribution in [2.75, 3.05) is 7.11 Å². The van der Waals surface area contributed by atoms with Gasteiger partial charge in [-0.1, -0.05) is 30.7 Å². The molecule has 1 aliphatic carbocycles. The van der Waals surface area contributed by atoms with Crippen molar-refractivity contribution in [1.82, 2.24) is 0 Å². The Morgan fingerprint density at radius 3 is 2.72 bits per heavy atom. The maximum Gasteiger partial charge on any atom is 0.314 e. The maximum absolute atomic E-state index is 11.5. The van der Waals surface area contributed by atoms with Crippen LogP contribution in [0.3, 0.4) is 0 Å². The first-order valence-corrected chi connectivity index (χ1v) is 6.44. The fourth-order valence-electron chi connectivity index (χ4n) is 2.57. The van der Waals surface area contributed by atoms with Crippen molar-refractivity contribution >= 4 is 5.97 Å². The van der Waals surface area contributed by atoms with Crippen LogP contribution in [0.25, 0.3) is 0 Å². The number of rotatable bonds is 5. The number of carbonyl (C=O) groups is 1. The van der Waals surface area contributed by atoms with E-state index in [-0.39, 0.29) is 6.10 Å². The molecule has 18 heavy (non-hydrogen) atoms. The lowest BCUT2D eigenvalue weighted by Gasteiger charge is -2.38. The molecule has 0 spiro atoms. The van der Waals surface area contributed by atoms with Gasteiger partial charge in [0, 0.05) is 7.11 Å². The van der Waals surface area contributed by atoms with Crippen LogP contribution in [0, 0.1) is 0 Å². The molecule has 3 nitrogen and oxygen atoms in total. The molecule has 0 aromatic heterocycles. The van der Waals surface area contributed by atoms with Gasteiger partial charge in [0.05, 0.1) is 11.5 Å². The van der Waals surface area contributed by atoms with Crippen LogP contribution in [-0.2, 0) is 21.4 Å². The fourth-order valence-corrected chi connectivity index (χ4v) is 2.57. The lowest BCUT2D eigenvalue weighted by molar-refractivity contribution is -0.147. The normalized spacial score (nSPS) is 19.0. The molecule has 2 rings (SSSR count). The summed E-state index contributed by atoms with van der Waals surface area (Å²) in [5.74, 6) is -0.689. The molecule has 1 fully saturated rings. The molecule has 0 radical (unpaired) electrons. The Morgan fingerprint density at radius 2 is 2.22 bits per heavy atom. The molecule has 0 aliphatic heterocycles. The molecule has 0 bridgehead atoms. The minimum atomic E-state index is -0.689. The predicted octanol–water partition coefficient (Wildman–Crippen LogP) is 2.77. The molecule has 0 heterocycles. The van der Waals surface area contributed by atoms with E-state index in [9.17, 15) is 9.90 Å². The summed E-state index contributed by atoms with van der Waals surface area (Å²) < 4.78 is 5.25. The Labute approximate surface area is 108 Å². The Hall–Kier alpha value is -1.35. The largest absolute Gasteiger partial charge is 0.481 e. The quantitative estimate of drug-likeness (QED) is 0.871. The monoisotopic (exact) mass is 248 g/mol. The number of hydrogen-bond acceptors (Lipinski definition) is 2. The topological polar surface area (TPSA) is 46.5 Å². The second-order valence-corrected chi connectivity index (χ2v) is 5.19. The number of aliphatic carboxylic acids is 1. The van der Waals surface area contributed by atoms with E-state index in [4.69, 9.17) is 4.74 Å². The zero-order valence-corrected chi connectivity index (χ0v) is 11.0. The Kier molecular flexibility index (Phi) is 3.71. The van der Waals surface area contributed by atoms with E-state index in [1.807, 2.05) is 31.2 Å². The van der Waals surface area contributed by atoms with Crippen molar-refractivity contribution in [2.45, 2.75) is 44.1 Å². The van der Waals surface area contributed by atoms with Crippen LogP contribution in [0.5, 0.6) is 0 Å². The second kappa shape index (κ2) is 5.11. The Balaban J connectivity index is 2.24. The average molecular weight is 248 g/mol.